The standard InChI is InChI=1S/C17H23F2N3O3/c1-11(20)8-9-21-15(23)13-6-4-10-22(13)16(24)12-5-2-3-7-14(12)25-17(18)19/h2-3,5,7,11,13,17H,4,6,8-10,20H2,1H3,(H,21,23). The number of carbonyl (C=O) groups is 2. The first kappa shape index (κ1) is 19.1. The quantitative estimate of drug-likeness (QED) is 0.780. The predicted molar refractivity (Wildman–Crippen MR) is 88.4 cm³/mol. The fourth-order valence-electron chi connectivity index (χ4n) is 2.82. The molecule has 2 amide bonds. The van der Waals surface area contributed by atoms with Crippen molar-refractivity contribution in [3.8, 4) is 5.75 Å². The van der Waals surface area contributed by atoms with E-state index in [1.54, 1.807) is 6.07 Å². The second-order valence-electron chi connectivity index (χ2n) is 6.09. The van der Waals surface area contributed by atoms with Crippen molar-refractivity contribution in [1.82, 2.24) is 10.2 Å². The summed E-state index contributed by atoms with van der Waals surface area (Å²) in [4.78, 5) is 26.5. The largest absolute Gasteiger partial charge is 0.434 e. The Kier molecular flexibility index (Phi) is 6.69. The molecule has 1 fully saturated rings. The van der Waals surface area contributed by atoms with Crippen LogP contribution in [0.3, 0.4) is 0 Å². The van der Waals surface area contributed by atoms with Crippen LogP contribution in [0.5, 0.6) is 5.75 Å². The van der Waals surface area contributed by atoms with Crippen LogP contribution in [-0.4, -0.2) is 48.5 Å². The van der Waals surface area contributed by atoms with Gasteiger partial charge < -0.3 is 20.7 Å². The Bertz CT molecular complexity index is 611. The average molecular weight is 355 g/mol. The molecule has 0 bridgehead atoms. The van der Waals surface area contributed by atoms with Crippen LogP contribution in [-0.2, 0) is 4.79 Å². The summed E-state index contributed by atoms with van der Waals surface area (Å²) in [6.45, 7) is -0.352. The number of nitrogens with one attached hydrogen (secondary N) is 1. The second-order valence-corrected chi connectivity index (χ2v) is 6.09. The molecule has 0 spiro atoms. The molecule has 1 saturated heterocycles. The molecule has 138 valence electrons. The van der Waals surface area contributed by atoms with Crippen molar-refractivity contribution >= 4 is 11.8 Å². The molecule has 25 heavy (non-hydrogen) atoms. The highest BCUT2D eigenvalue weighted by atomic mass is 19.3. The molecule has 2 atom stereocenters. The van der Waals surface area contributed by atoms with Gasteiger partial charge in [0.05, 0.1) is 5.56 Å². The summed E-state index contributed by atoms with van der Waals surface area (Å²) in [5.41, 5.74) is 5.67. The zero-order valence-corrected chi connectivity index (χ0v) is 14.1. The summed E-state index contributed by atoms with van der Waals surface area (Å²) in [5.74, 6) is -0.926. The van der Waals surface area contributed by atoms with Crippen molar-refractivity contribution in [1.29, 1.82) is 0 Å². The molecule has 0 aromatic heterocycles. The minimum atomic E-state index is -3.02. The Morgan fingerprint density at radius 2 is 2.12 bits per heavy atom. The molecule has 2 rings (SSSR count). The van der Waals surface area contributed by atoms with E-state index in [1.165, 1.54) is 23.1 Å². The van der Waals surface area contributed by atoms with E-state index in [4.69, 9.17) is 5.73 Å². The van der Waals surface area contributed by atoms with Gasteiger partial charge in [0.2, 0.25) is 5.91 Å². The molecule has 1 aliphatic rings. The lowest BCUT2D eigenvalue weighted by molar-refractivity contribution is -0.124. The molecular formula is C17H23F2N3O3. The van der Waals surface area contributed by atoms with Crippen molar-refractivity contribution < 1.29 is 23.1 Å². The van der Waals surface area contributed by atoms with Gasteiger partial charge in [-0.05, 0) is 38.3 Å². The number of hydrogen-bond donors (Lipinski definition) is 2. The monoisotopic (exact) mass is 355 g/mol. The average Bonchev–Trinajstić information content (AvgIpc) is 3.03. The number of benzene rings is 1. The van der Waals surface area contributed by atoms with Crippen molar-refractivity contribution in [2.24, 2.45) is 5.73 Å². The van der Waals surface area contributed by atoms with E-state index >= 15 is 0 Å². The van der Waals surface area contributed by atoms with Gasteiger partial charge in [0.1, 0.15) is 11.8 Å². The highest BCUT2D eigenvalue weighted by Gasteiger charge is 2.35. The van der Waals surface area contributed by atoms with Gasteiger partial charge in [0.25, 0.3) is 5.91 Å². The number of nitrogens with two attached hydrogens (primary N) is 1. The summed E-state index contributed by atoms with van der Waals surface area (Å²) in [6.07, 6.45) is 1.85. The fraction of sp³-hybridized carbons (Fsp3) is 0.529. The summed E-state index contributed by atoms with van der Waals surface area (Å²) in [5, 5.41) is 2.78. The van der Waals surface area contributed by atoms with Crippen molar-refractivity contribution in [2.75, 3.05) is 13.1 Å². The minimum Gasteiger partial charge on any atom is -0.434 e. The van der Waals surface area contributed by atoms with Crippen molar-refractivity contribution in [3.63, 3.8) is 0 Å². The third-order valence-corrected chi connectivity index (χ3v) is 4.05. The Morgan fingerprint density at radius 1 is 1.40 bits per heavy atom. The van der Waals surface area contributed by atoms with Crippen LogP contribution in [0.25, 0.3) is 0 Å². The summed E-state index contributed by atoms with van der Waals surface area (Å²) < 4.78 is 29.5. The summed E-state index contributed by atoms with van der Waals surface area (Å²) >= 11 is 0. The molecule has 0 aliphatic carbocycles. The summed E-state index contributed by atoms with van der Waals surface area (Å²) in [6, 6.07) is 5.17. The molecule has 0 saturated carbocycles. The Labute approximate surface area is 145 Å². The van der Waals surface area contributed by atoms with E-state index in [9.17, 15) is 18.4 Å². The zero-order chi connectivity index (χ0) is 18.4. The van der Waals surface area contributed by atoms with Crippen LogP contribution in [0.15, 0.2) is 24.3 Å². The number of likely N-dealkylation sites (tertiary alicyclic amines) is 1. The van der Waals surface area contributed by atoms with Gasteiger partial charge in [-0.3, -0.25) is 9.59 Å². The highest BCUT2D eigenvalue weighted by Crippen LogP contribution is 2.26. The van der Waals surface area contributed by atoms with Crippen LogP contribution >= 0.6 is 0 Å². The number of halogens is 2. The van der Waals surface area contributed by atoms with Gasteiger partial charge in [-0.2, -0.15) is 8.78 Å². The molecule has 2 unspecified atom stereocenters. The first-order valence-corrected chi connectivity index (χ1v) is 8.28. The fourth-order valence-corrected chi connectivity index (χ4v) is 2.82. The maximum absolute atomic E-state index is 12.7. The number of para-hydroxylation sites is 1. The number of alkyl halides is 2. The lowest BCUT2D eigenvalue weighted by Gasteiger charge is -2.25. The maximum atomic E-state index is 12.7. The SMILES string of the molecule is CC(N)CCNC(=O)C1CCCN1C(=O)c1ccccc1OC(F)F. The molecule has 1 aliphatic heterocycles. The van der Waals surface area contributed by atoms with Crippen LogP contribution in [0.2, 0.25) is 0 Å². The van der Waals surface area contributed by atoms with E-state index in [0.29, 0.717) is 32.4 Å². The van der Waals surface area contributed by atoms with E-state index in [-0.39, 0.29) is 23.3 Å². The Morgan fingerprint density at radius 3 is 2.80 bits per heavy atom. The third kappa shape index (κ3) is 5.12. The lowest BCUT2D eigenvalue weighted by atomic mass is 10.1. The van der Waals surface area contributed by atoms with Gasteiger partial charge in [0.15, 0.2) is 0 Å². The molecule has 0 radical (unpaired) electrons. The first-order chi connectivity index (χ1) is 11.9. The molecule has 1 aromatic carbocycles. The minimum absolute atomic E-state index is 0.0260. The number of rotatable bonds is 7. The first-order valence-electron chi connectivity index (χ1n) is 8.28. The maximum Gasteiger partial charge on any atom is 0.387 e. The van der Waals surface area contributed by atoms with E-state index in [1.807, 2.05) is 6.92 Å². The highest BCUT2D eigenvalue weighted by molar-refractivity contribution is 6.00. The zero-order valence-electron chi connectivity index (χ0n) is 14.1. The Hall–Kier alpha value is -2.22. The smallest absolute Gasteiger partial charge is 0.387 e. The molecular weight excluding hydrogens is 332 g/mol. The number of ether oxygens (including phenoxy) is 1. The number of nitrogens with zero attached hydrogens (tertiary/aromatic N) is 1. The van der Waals surface area contributed by atoms with E-state index in [0.717, 1.165) is 0 Å². The Balaban J connectivity index is 2.09. The van der Waals surface area contributed by atoms with Gasteiger partial charge >= 0.3 is 6.61 Å². The predicted octanol–water partition coefficient (Wildman–Crippen LogP) is 1.75. The molecule has 1 aromatic rings. The van der Waals surface area contributed by atoms with Crippen molar-refractivity contribution in [3.05, 3.63) is 29.8 Å². The number of hydrogen-bond acceptors (Lipinski definition) is 4. The van der Waals surface area contributed by atoms with Gasteiger partial charge in [-0.15, -0.1) is 0 Å². The second kappa shape index (κ2) is 8.75. The molecule has 6 nitrogen and oxygen atoms in total. The number of carbonyl (C=O) groups excluding carboxylic acids is 2. The van der Waals surface area contributed by atoms with Gasteiger partial charge in [-0.1, -0.05) is 12.1 Å². The normalized spacial score (nSPS) is 18.3. The van der Waals surface area contributed by atoms with Crippen LogP contribution in [0.1, 0.15) is 36.5 Å². The third-order valence-electron chi connectivity index (χ3n) is 4.05. The molecule has 3 N–H and O–H groups in total. The topological polar surface area (TPSA) is 84.7 Å². The van der Waals surface area contributed by atoms with Crippen LogP contribution in [0.4, 0.5) is 8.78 Å². The summed E-state index contributed by atoms with van der Waals surface area (Å²) in [7, 11) is 0. The lowest BCUT2D eigenvalue weighted by Crippen LogP contribution is -2.46. The van der Waals surface area contributed by atoms with Crippen LogP contribution in [0, 0.1) is 0 Å². The molecule has 8 heteroatoms. The molecule has 1 heterocycles. The van der Waals surface area contributed by atoms with Gasteiger partial charge in [0, 0.05) is 19.1 Å². The number of amides is 2. The van der Waals surface area contributed by atoms with Crippen molar-refractivity contribution in [2.45, 2.75) is 44.9 Å². The van der Waals surface area contributed by atoms with E-state index in [2.05, 4.69) is 10.1 Å². The van der Waals surface area contributed by atoms with Gasteiger partial charge in [-0.25, -0.2) is 0 Å². The van der Waals surface area contributed by atoms with Crippen LogP contribution < -0.4 is 15.8 Å². The van der Waals surface area contributed by atoms with E-state index < -0.39 is 18.6 Å².